The molecule has 1 aromatic heterocycles. The number of nitrogens with zero attached hydrogens (tertiary/aromatic N) is 3. The number of aromatic nitrogens is 2. The van der Waals surface area contributed by atoms with Crippen LogP contribution in [-0.2, 0) is 18.3 Å². The van der Waals surface area contributed by atoms with Crippen molar-refractivity contribution in [3.05, 3.63) is 82.4 Å². The molecule has 0 bridgehead atoms. The average molecular weight is 502 g/mol. The molecule has 0 amide bonds. The smallest absolute Gasteiger partial charge is 0.328 e. The summed E-state index contributed by atoms with van der Waals surface area (Å²) in [5.41, 5.74) is -0.438. The zero-order chi connectivity index (χ0) is 26.4. The Morgan fingerprint density at radius 3 is 2.44 bits per heavy atom. The lowest BCUT2D eigenvalue weighted by atomic mass is 9.82. The van der Waals surface area contributed by atoms with E-state index in [1.165, 1.54) is 20.0 Å². The van der Waals surface area contributed by atoms with Crippen LogP contribution in [0.3, 0.4) is 0 Å². The number of rotatable bonds is 6. The fourth-order valence-electron chi connectivity index (χ4n) is 4.86. The standard InChI is InChI=1S/C27H27F4N3O2/c1-15-9-20-19(7-6-18(25(20)30)17-12-32-33(4)13-17)26(34(15)14-27(2,3)31)24-21(28)10-16(11-22(24)29)5-8-23(35)36/h5-8,10-13,15,26H,9,14H2,1-4H3,(H,35,36)/b8-5+. The average Bonchev–Trinajstić information content (AvgIpc) is 3.19. The van der Waals surface area contributed by atoms with Gasteiger partial charge in [-0.15, -0.1) is 0 Å². The van der Waals surface area contributed by atoms with E-state index in [4.69, 9.17) is 5.11 Å². The van der Waals surface area contributed by atoms with E-state index in [1.54, 1.807) is 41.9 Å². The highest BCUT2D eigenvalue weighted by molar-refractivity contribution is 5.85. The van der Waals surface area contributed by atoms with Crippen molar-refractivity contribution in [1.29, 1.82) is 0 Å². The van der Waals surface area contributed by atoms with E-state index < -0.39 is 41.2 Å². The van der Waals surface area contributed by atoms with Crippen LogP contribution >= 0.6 is 0 Å². The lowest BCUT2D eigenvalue weighted by Crippen LogP contribution is -2.48. The van der Waals surface area contributed by atoms with Crippen molar-refractivity contribution in [3.63, 3.8) is 0 Å². The third kappa shape index (κ3) is 5.06. The molecule has 0 saturated carbocycles. The van der Waals surface area contributed by atoms with Crippen LogP contribution in [0.2, 0.25) is 0 Å². The monoisotopic (exact) mass is 501 g/mol. The summed E-state index contributed by atoms with van der Waals surface area (Å²) in [6, 6.07) is 3.71. The summed E-state index contributed by atoms with van der Waals surface area (Å²) < 4.78 is 63.1. The molecule has 2 atom stereocenters. The van der Waals surface area contributed by atoms with E-state index in [1.807, 2.05) is 0 Å². The van der Waals surface area contributed by atoms with Gasteiger partial charge in [0.2, 0.25) is 0 Å². The molecule has 0 spiro atoms. The molecule has 1 aliphatic rings. The second-order valence-electron chi connectivity index (χ2n) is 9.81. The van der Waals surface area contributed by atoms with Crippen LogP contribution in [0.15, 0.2) is 42.7 Å². The Morgan fingerprint density at radius 2 is 1.89 bits per heavy atom. The highest BCUT2D eigenvalue weighted by Gasteiger charge is 2.40. The molecule has 1 N–H and O–H groups in total. The summed E-state index contributed by atoms with van der Waals surface area (Å²) in [6.07, 6.45) is 5.30. The van der Waals surface area contributed by atoms with Gasteiger partial charge in [0, 0.05) is 48.6 Å². The number of carboxylic acids is 1. The van der Waals surface area contributed by atoms with Crippen molar-refractivity contribution >= 4 is 12.0 Å². The second kappa shape index (κ2) is 9.54. The molecule has 4 rings (SSSR count). The molecule has 0 saturated heterocycles. The number of aryl methyl sites for hydroxylation is 1. The van der Waals surface area contributed by atoms with Gasteiger partial charge in [0.05, 0.1) is 12.2 Å². The van der Waals surface area contributed by atoms with Gasteiger partial charge in [-0.05, 0) is 62.1 Å². The fourth-order valence-corrected chi connectivity index (χ4v) is 4.86. The normalized spacial score (nSPS) is 18.6. The number of halogens is 4. The molecule has 2 unspecified atom stereocenters. The minimum Gasteiger partial charge on any atom is -0.478 e. The van der Waals surface area contributed by atoms with Crippen LogP contribution in [0.4, 0.5) is 17.6 Å². The highest BCUT2D eigenvalue weighted by atomic mass is 19.1. The lowest BCUT2D eigenvalue weighted by Gasteiger charge is -2.44. The summed E-state index contributed by atoms with van der Waals surface area (Å²) in [6.45, 7) is 4.40. The first-order valence-electron chi connectivity index (χ1n) is 11.5. The van der Waals surface area contributed by atoms with Crippen LogP contribution in [0.1, 0.15) is 49.1 Å². The maximum atomic E-state index is 15.8. The van der Waals surface area contributed by atoms with Crippen molar-refractivity contribution in [2.24, 2.45) is 7.05 Å². The van der Waals surface area contributed by atoms with Gasteiger partial charge >= 0.3 is 5.97 Å². The molecular formula is C27H27F4N3O2. The molecule has 1 aliphatic heterocycles. The van der Waals surface area contributed by atoms with Crippen LogP contribution < -0.4 is 0 Å². The molecule has 36 heavy (non-hydrogen) atoms. The van der Waals surface area contributed by atoms with Crippen molar-refractivity contribution in [2.45, 2.75) is 44.9 Å². The highest BCUT2D eigenvalue weighted by Crippen LogP contribution is 2.43. The summed E-state index contributed by atoms with van der Waals surface area (Å²) in [4.78, 5) is 12.5. The van der Waals surface area contributed by atoms with Gasteiger partial charge in [0.1, 0.15) is 23.1 Å². The van der Waals surface area contributed by atoms with E-state index in [9.17, 15) is 9.18 Å². The first-order chi connectivity index (χ1) is 16.9. The Labute approximate surface area is 206 Å². The lowest BCUT2D eigenvalue weighted by molar-refractivity contribution is -0.131. The third-order valence-electron chi connectivity index (χ3n) is 6.34. The van der Waals surface area contributed by atoms with E-state index in [2.05, 4.69) is 5.10 Å². The molecule has 2 aromatic carbocycles. The quantitative estimate of drug-likeness (QED) is 0.349. The Morgan fingerprint density at radius 1 is 1.22 bits per heavy atom. The predicted molar refractivity (Wildman–Crippen MR) is 129 cm³/mol. The Balaban J connectivity index is 1.90. The number of carbonyl (C=O) groups is 1. The molecule has 2 heterocycles. The molecular weight excluding hydrogens is 474 g/mol. The molecule has 0 fully saturated rings. The first-order valence-corrected chi connectivity index (χ1v) is 11.5. The summed E-state index contributed by atoms with van der Waals surface area (Å²) in [5.74, 6) is -3.61. The van der Waals surface area contributed by atoms with Crippen molar-refractivity contribution in [2.75, 3.05) is 6.54 Å². The van der Waals surface area contributed by atoms with E-state index in [0.29, 0.717) is 22.3 Å². The van der Waals surface area contributed by atoms with Gasteiger partial charge in [-0.25, -0.2) is 22.4 Å². The van der Waals surface area contributed by atoms with Crippen LogP contribution in [0, 0.1) is 17.5 Å². The van der Waals surface area contributed by atoms with E-state index >= 15 is 13.2 Å². The number of benzene rings is 2. The van der Waals surface area contributed by atoms with Crippen LogP contribution in [0.25, 0.3) is 17.2 Å². The van der Waals surface area contributed by atoms with Crippen molar-refractivity contribution in [1.82, 2.24) is 14.7 Å². The zero-order valence-electron chi connectivity index (χ0n) is 20.4. The molecule has 5 nitrogen and oxygen atoms in total. The number of alkyl halides is 1. The van der Waals surface area contributed by atoms with E-state index in [-0.39, 0.29) is 24.1 Å². The predicted octanol–water partition coefficient (Wildman–Crippen LogP) is 5.69. The SMILES string of the molecule is CC1Cc2c(ccc(-c3cnn(C)c3)c2F)C(c2c(F)cc(/C=C/C(=O)O)cc2F)N1CC(C)(C)F. The molecule has 0 aliphatic carbocycles. The number of hydrogen-bond acceptors (Lipinski definition) is 3. The number of fused-ring (bicyclic) bond motifs is 1. The summed E-state index contributed by atoms with van der Waals surface area (Å²) in [5, 5.41) is 12.9. The van der Waals surface area contributed by atoms with Gasteiger partial charge in [0.25, 0.3) is 0 Å². The minimum atomic E-state index is -1.69. The summed E-state index contributed by atoms with van der Waals surface area (Å²) in [7, 11) is 1.72. The first kappa shape index (κ1) is 25.6. The Bertz CT molecular complexity index is 1320. The third-order valence-corrected chi connectivity index (χ3v) is 6.34. The maximum Gasteiger partial charge on any atom is 0.328 e. The van der Waals surface area contributed by atoms with E-state index in [0.717, 1.165) is 24.3 Å². The van der Waals surface area contributed by atoms with Crippen LogP contribution in [-0.4, -0.2) is 44.0 Å². The Kier molecular flexibility index (Phi) is 6.79. The van der Waals surface area contributed by atoms with Crippen molar-refractivity contribution < 1.29 is 27.5 Å². The summed E-state index contributed by atoms with van der Waals surface area (Å²) >= 11 is 0. The second-order valence-corrected chi connectivity index (χ2v) is 9.81. The molecule has 190 valence electrons. The number of hydrogen-bond donors (Lipinski definition) is 1. The largest absolute Gasteiger partial charge is 0.478 e. The molecule has 0 radical (unpaired) electrons. The maximum absolute atomic E-state index is 15.8. The van der Waals surface area contributed by atoms with Gasteiger partial charge < -0.3 is 5.11 Å². The van der Waals surface area contributed by atoms with Gasteiger partial charge in [-0.3, -0.25) is 9.58 Å². The topological polar surface area (TPSA) is 58.4 Å². The van der Waals surface area contributed by atoms with Crippen molar-refractivity contribution in [3.8, 4) is 11.1 Å². The fraction of sp³-hybridized carbons (Fsp3) is 0.333. The zero-order valence-corrected chi connectivity index (χ0v) is 20.4. The Hall–Kier alpha value is -3.46. The molecule has 9 heteroatoms. The van der Waals surface area contributed by atoms with Gasteiger partial charge in [-0.2, -0.15) is 5.10 Å². The van der Waals surface area contributed by atoms with Gasteiger partial charge in [0.15, 0.2) is 0 Å². The molecule has 3 aromatic rings. The van der Waals surface area contributed by atoms with Gasteiger partial charge in [-0.1, -0.05) is 12.1 Å². The number of aliphatic carboxylic acids is 1. The van der Waals surface area contributed by atoms with Crippen LogP contribution in [0.5, 0.6) is 0 Å². The number of carboxylic acid groups (broad SMARTS) is 1. The minimum absolute atomic E-state index is 0.0238.